The van der Waals surface area contributed by atoms with Gasteiger partial charge in [0.1, 0.15) is 0 Å². The van der Waals surface area contributed by atoms with E-state index in [-0.39, 0.29) is 5.91 Å². The Morgan fingerprint density at radius 1 is 1.38 bits per heavy atom. The molecule has 21 heavy (non-hydrogen) atoms. The molecule has 0 radical (unpaired) electrons. The van der Waals surface area contributed by atoms with Gasteiger partial charge in [0, 0.05) is 36.7 Å². The van der Waals surface area contributed by atoms with Gasteiger partial charge in [0.2, 0.25) is 0 Å². The smallest absolute Gasteiger partial charge is 0.251 e. The number of rotatable bonds is 3. The fourth-order valence-electron chi connectivity index (χ4n) is 2.59. The van der Waals surface area contributed by atoms with E-state index in [1.165, 1.54) is 5.56 Å². The molecule has 4 heteroatoms. The molecule has 1 aromatic heterocycles. The molecule has 2 aromatic rings. The monoisotopic (exact) mass is 281 g/mol. The standard InChI is InChI=1S/C17H19N3O/c1-12-10-18-8-6-15(12)11-20-17(21)14-4-5-16-13(9-14)3-2-7-19-16/h4-6,8-10,19H,2-3,7,11H2,1H3,(H,20,21). The van der Waals surface area contributed by atoms with Crippen molar-refractivity contribution in [1.29, 1.82) is 0 Å². The zero-order valence-corrected chi connectivity index (χ0v) is 12.1. The molecular formula is C17H19N3O. The molecule has 0 saturated heterocycles. The lowest BCUT2D eigenvalue weighted by atomic mass is 10.0. The molecule has 0 bridgehead atoms. The number of anilines is 1. The highest BCUT2D eigenvalue weighted by Gasteiger charge is 2.12. The normalized spacial score (nSPS) is 13.2. The number of aromatic nitrogens is 1. The molecule has 0 fully saturated rings. The van der Waals surface area contributed by atoms with Crippen LogP contribution in [-0.4, -0.2) is 17.4 Å². The third-order valence-electron chi connectivity index (χ3n) is 3.88. The van der Waals surface area contributed by atoms with Crippen LogP contribution in [0.15, 0.2) is 36.7 Å². The third kappa shape index (κ3) is 3.05. The second-order valence-electron chi connectivity index (χ2n) is 5.39. The van der Waals surface area contributed by atoms with Crippen molar-refractivity contribution in [3.8, 4) is 0 Å². The lowest BCUT2D eigenvalue weighted by molar-refractivity contribution is 0.0951. The first-order valence-electron chi connectivity index (χ1n) is 7.28. The Balaban J connectivity index is 1.69. The van der Waals surface area contributed by atoms with Gasteiger partial charge in [0.25, 0.3) is 5.91 Å². The molecule has 108 valence electrons. The summed E-state index contributed by atoms with van der Waals surface area (Å²) in [6.45, 7) is 3.54. The molecule has 0 spiro atoms. The van der Waals surface area contributed by atoms with Crippen LogP contribution in [-0.2, 0) is 13.0 Å². The average Bonchev–Trinajstić information content (AvgIpc) is 2.53. The summed E-state index contributed by atoms with van der Waals surface area (Å²) in [6.07, 6.45) is 5.71. The highest BCUT2D eigenvalue weighted by molar-refractivity contribution is 5.94. The van der Waals surface area contributed by atoms with Crippen LogP contribution >= 0.6 is 0 Å². The molecule has 0 unspecified atom stereocenters. The van der Waals surface area contributed by atoms with Gasteiger partial charge in [0.15, 0.2) is 0 Å². The summed E-state index contributed by atoms with van der Waals surface area (Å²) in [5, 5.41) is 6.33. The molecular weight excluding hydrogens is 262 g/mol. The second-order valence-corrected chi connectivity index (χ2v) is 5.39. The fourth-order valence-corrected chi connectivity index (χ4v) is 2.59. The van der Waals surface area contributed by atoms with Gasteiger partial charge >= 0.3 is 0 Å². The van der Waals surface area contributed by atoms with Gasteiger partial charge in [-0.1, -0.05) is 0 Å². The van der Waals surface area contributed by atoms with E-state index in [4.69, 9.17) is 0 Å². The number of amides is 1. The first kappa shape index (κ1) is 13.6. The molecule has 1 aliphatic heterocycles. The Hall–Kier alpha value is -2.36. The van der Waals surface area contributed by atoms with Crippen molar-refractivity contribution in [2.45, 2.75) is 26.3 Å². The van der Waals surface area contributed by atoms with Crippen LogP contribution in [0.25, 0.3) is 0 Å². The predicted molar refractivity (Wildman–Crippen MR) is 83.4 cm³/mol. The molecule has 2 N–H and O–H groups in total. The Morgan fingerprint density at radius 2 is 2.29 bits per heavy atom. The number of fused-ring (bicyclic) bond motifs is 1. The zero-order chi connectivity index (χ0) is 14.7. The van der Waals surface area contributed by atoms with Crippen molar-refractivity contribution < 1.29 is 4.79 Å². The minimum atomic E-state index is -0.0282. The highest BCUT2D eigenvalue weighted by Crippen LogP contribution is 2.22. The number of benzene rings is 1. The van der Waals surface area contributed by atoms with Gasteiger partial charge in [-0.25, -0.2) is 0 Å². The maximum Gasteiger partial charge on any atom is 0.251 e. The molecule has 3 rings (SSSR count). The SMILES string of the molecule is Cc1cnccc1CNC(=O)c1ccc2c(c1)CCCN2. The van der Waals surface area contributed by atoms with Gasteiger partial charge in [-0.05, 0) is 60.7 Å². The zero-order valence-electron chi connectivity index (χ0n) is 12.1. The summed E-state index contributed by atoms with van der Waals surface area (Å²) < 4.78 is 0. The molecule has 4 nitrogen and oxygen atoms in total. The van der Waals surface area contributed by atoms with Crippen LogP contribution in [0.3, 0.4) is 0 Å². The predicted octanol–water partition coefficient (Wildman–Crippen LogP) is 2.68. The van der Waals surface area contributed by atoms with Crippen molar-refractivity contribution >= 4 is 11.6 Å². The summed E-state index contributed by atoms with van der Waals surface area (Å²) in [5.74, 6) is -0.0282. The Bertz CT molecular complexity index is 667. The molecule has 1 amide bonds. The van der Waals surface area contributed by atoms with Crippen molar-refractivity contribution in [1.82, 2.24) is 10.3 Å². The Kier molecular flexibility index (Phi) is 3.86. The largest absolute Gasteiger partial charge is 0.385 e. The Labute approximate surface area is 124 Å². The third-order valence-corrected chi connectivity index (χ3v) is 3.88. The first-order valence-corrected chi connectivity index (χ1v) is 7.28. The molecule has 1 aliphatic rings. The lowest BCUT2D eigenvalue weighted by Crippen LogP contribution is -2.24. The number of hydrogen-bond acceptors (Lipinski definition) is 3. The maximum absolute atomic E-state index is 12.3. The fraction of sp³-hybridized carbons (Fsp3) is 0.294. The summed E-state index contributed by atoms with van der Waals surface area (Å²) in [6, 6.07) is 7.82. The van der Waals surface area contributed by atoms with Crippen LogP contribution in [0.2, 0.25) is 0 Å². The summed E-state index contributed by atoms with van der Waals surface area (Å²) in [4.78, 5) is 16.3. The van der Waals surface area contributed by atoms with Crippen LogP contribution in [0.1, 0.15) is 33.5 Å². The van der Waals surface area contributed by atoms with E-state index in [0.29, 0.717) is 6.54 Å². The molecule has 0 atom stereocenters. The summed E-state index contributed by atoms with van der Waals surface area (Å²) >= 11 is 0. The molecule has 0 aliphatic carbocycles. The van der Waals surface area contributed by atoms with E-state index in [1.54, 1.807) is 6.20 Å². The molecule has 0 saturated carbocycles. The van der Waals surface area contributed by atoms with Crippen molar-refractivity contribution in [3.05, 3.63) is 58.9 Å². The Morgan fingerprint density at radius 3 is 3.14 bits per heavy atom. The van der Waals surface area contributed by atoms with E-state index in [9.17, 15) is 4.79 Å². The minimum absolute atomic E-state index is 0.0282. The number of pyridine rings is 1. The van der Waals surface area contributed by atoms with Crippen molar-refractivity contribution in [3.63, 3.8) is 0 Å². The molecule has 1 aromatic carbocycles. The number of carbonyl (C=O) groups is 1. The average molecular weight is 281 g/mol. The van der Waals surface area contributed by atoms with Crippen molar-refractivity contribution in [2.75, 3.05) is 11.9 Å². The van der Waals surface area contributed by atoms with E-state index >= 15 is 0 Å². The highest BCUT2D eigenvalue weighted by atomic mass is 16.1. The second kappa shape index (κ2) is 5.95. The number of carbonyl (C=O) groups excluding carboxylic acids is 1. The van der Waals surface area contributed by atoms with Gasteiger partial charge < -0.3 is 10.6 Å². The minimum Gasteiger partial charge on any atom is -0.385 e. The quantitative estimate of drug-likeness (QED) is 0.909. The summed E-state index contributed by atoms with van der Waals surface area (Å²) in [7, 11) is 0. The number of nitrogens with one attached hydrogen (secondary N) is 2. The van der Waals surface area contributed by atoms with Gasteiger partial charge in [-0.2, -0.15) is 0 Å². The molecule has 2 heterocycles. The van der Waals surface area contributed by atoms with Crippen molar-refractivity contribution in [2.24, 2.45) is 0 Å². The number of hydrogen-bond donors (Lipinski definition) is 2. The first-order chi connectivity index (χ1) is 10.2. The van der Waals surface area contributed by atoms with E-state index in [0.717, 1.165) is 41.8 Å². The van der Waals surface area contributed by atoms with Gasteiger partial charge in [-0.3, -0.25) is 9.78 Å². The topological polar surface area (TPSA) is 54.0 Å². The number of nitrogens with zero attached hydrogens (tertiary/aromatic N) is 1. The maximum atomic E-state index is 12.3. The lowest BCUT2D eigenvalue weighted by Gasteiger charge is -2.18. The van der Waals surface area contributed by atoms with Crippen LogP contribution in [0, 0.1) is 6.92 Å². The van der Waals surface area contributed by atoms with Crippen LogP contribution < -0.4 is 10.6 Å². The number of aryl methyl sites for hydroxylation is 2. The van der Waals surface area contributed by atoms with Crippen LogP contribution in [0.4, 0.5) is 5.69 Å². The van der Waals surface area contributed by atoms with E-state index < -0.39 is 0 Å². The van der Waals surface area contributed by atoms with E-state index in [2.05, 4.69) is 15.6 Å². The summed E-state index contributed by atoms with van der Waals surface area (Å²) in [5.41, 5.74) is 5.30. The van der Waals surface area contributed by atoms with E-state index in [1.807, 2.05) is 37.4 Å². The van der Waals surface area contributed by atoms with Gasteiger partial charge in [0.05, 0.1) is 0 Å². The van der Waals surface area contributed by atoms with Gasteiger partial charge in [-0.15, -0.1) is 0 Å². The van der Waals surface area contributed by atoms with Crippen LogP contribution in [0.5, 0.6) is 0 Å².